The average Bonchev–Trinajstić information content (AvgIpc) is 2.50. The van der Waals surface area contributed by atoms with Gasteiger partial charge in [0, 0.05) is 24.5 Å². The maximum Gasteiger partial charge on any atom is 0.242 e. The summed E-state index contributed by atoms with van der Waals surface area (Å²) in [6.45, 7) is 3.83. The minimum Gasteiger partial charge on any atom is -0.395 e. The fourth-order valence-corrected chi connectivity index (χ4v) is 2.03. The molecule has 0 aliphatic rings. The highest BCUT2D eigenvalue weighted by molar-refractivity contribution is 6.30. The van der Waals surface area contributed by atoms with Gasteiger partial charge in [-0.3, -0.25) is 9.59 Å². The summed E-state index contributed by atoms with van der Waals surface area (Å²) in [6.07, 6.45) is 0.325. The van der Waals surface area contributed by atoms with E-state index in [1.807, 2.05) is 12.1 Å². The number of hydrogen-bond donors (Lipinski definition) is 2. The first kappa shape index (κ1) is 17.5. The van der Waals surface area contributed by atoms with Gasteiger partial charge in [0.2, 0.25) is 11.8 Å². The van der Waals surface area contributed by atoms with E-state index in [-0.39, 0.29) is 25.0 Å². The van der Waals surface area contributed by atoms with E-state index < -0.39 is 6.04 Å². The highest BCUT2D eigenvalue weighted by Crippen LogP contribution is 2.14. The molecule has 0 fully saturated rings. The lowest BCUT2D eigenvalue weighted by molar-refractivity contribution is -0.140. The van der Waals surface area contributed by atoms with E-state index in [2.05, 4.69) is 5.32 Å². The Morgan fingerprint density at radius 1 is 1.33 bits per heavy atom. The van der Waals surface area contributed by atoms with Crippen LogP contribution in [-0.2, 0) is 16.1 Å². The molecule has 0 bridgehead atoms. The van der Waals surface area contributed by atoms with E-state index >= 15 is 0 Å². The number of nitrogens with zero attached hydrogens (tertiary/aromatic N) is 1. The third-order valence-corrected chi connectivity index (χ3v) is 3.40. The van der Waals surface area contributed by atoms with Gasteiger partial charge in [-0.25, -0.2) is 0 Å². The van der Waals surface area contributed by atoms with Crippen molar-refractivity contribution in [2.24, 2.45) is 0 Å². The lowest BCUT2D eigenvalue weighted by atomic mass is 10.1. The Bertz CT molecular complexity index is 476. The largest absolute Gasteiger partial charge is 0.395 e. The summed E-state index contributed by atoms with van der Waals surface area (Å²) in [5.41, 5.74) is 0.906. The number of aliphatic hydroxyl groups excluding tert-OH is 1. The first-order valence-electron chi connectivity index (χ1n) is 6.92. The second-order valence-electron chi connectivity index (χ2n) is 4.69. The Kier molecular flexibility index (Phi) is 7.19. The Morgan fingerprint density at radius 3 is 2.48 bits per heavy atom. The van der Waals surface area contributed by atoms with E-state index in [0.717, 1.165) is 5.56 Å². The van der Waals surface area contributed by atoms with Crippen molar-refractivity contribution in [2.45, 2.75) is 32.9 Å². The number of nitrogens with one attached hydrogen (secondary N) is 1. The van der Waals surface area contributed by atoms with Crippen molar-refractivity contribution >= 4 is 23.4 Å². The molecule has 0 aromatic heterocycles. The fourth-order valence-electron chi connectivity index (χ4n) is 1.90. The fraction of sp³-hybridized carbons (Fsp3) is 0.467. The minimum atomic E-state index is -0.598. The third kappa shape index (κ3) is 5.36. The quantitative estimate of drug-likeness (QED) is 0.803. The lowest BCUT2D eigenvalue weighted by Crippen LogP contribution is -2.47. The van der Waals surface area contributed by atoms with Crippen LogP contribution in [0.4, 0.5) is 0 Å². The molecule has 0 saturated heterocycles. The van der Waals surface area contributed by atoms with Gasteiger partial charge < -0.3 is 15.3 Å². The van der Waals surface area contributed by atoms with Crippen LogP contribution >= 0.6 is 11.6 Å². The van der Waals surface area contributed by atoms with Crippen LogP contribution in [0.2, 0.25) is 5.02 Å². The topological polar surface area (TPSA) is 69.6 Å². The smallest absolute Gasteiger partial charge is 0.242 e. The molecule has 0 saturated carbocycles. The van der Waals surface area contributed by atoms with Gasteiger partial charge in [-0.05, 0) is 24.6 Å². The second-order valence-corrected chi connectivity index (χ2v) is 5.13. The molecular weight excluding hydrogens is 292 g/mol. The maximum atomic E-state index is 12.1. The molecule has 0 heterocycles. The van der Waals surface area contributed by atoms with Crippen LogP contribution in [-0.4, -0.2) is 41.0 Å². The van der Waals surface area contributed by atoms with Crippen molar-refractivity contribution in [3.05, 3.63) is 34.9 Å². The summed E-state index contributed by atoms with van der Waals surface area (Å²) in [7, 11) is 0. The highest BCUT2D eigenvalue weighted by Gasteiger charge is 2.24. The molecule has 2 N–H and O–H groups in total. The van der Waals surface area contributed by atoms with Crippen LogP contribution in [0.1, 0.15) is 25.8 Å². The van der Waals surface area contributed by atoms with Gasteiger partial charge in [-0.15, -0.1) is 0 Å². The molecule has 1 atom stereocenters. The minimum absolute atomic E-state index is 0.100. The predicted octanol–water partition coefficient (Wildman–Crippen LogP) is 1.58. The molecule has 5 nitrogen and oxygen atoms in total. The maximum absolute atomic E-state index is 12.1. The Balaban J connectivity index is 2.82. The Morgan fingerprint density at radius 2 is 1.95 bits per heavy atom. The van der Waals surface area contributed by atoms with Crippen LogP contribution in [0.3, 0.4) is 0 Å². The van der Waals surface area contributed by atoms with Gasteiger partial charge in [0.25, 0.3) is 0 Å². The molecule has 6 heteroatoms. The molecule has 0 radical (unpaired) electrons. The number of halogens is 1. The van der Waals surface area contributed by atoms with Crippen molar-refractivity contribution in [3.63, 3.8) is 0 Å². The summed E-state index contributed by atoms with van der Waals surface area (Å²) >= 11 is 5.84. The van der Waals surface area contributed by atoms with Crippen LogP contribution in [0, 0.1) is 0 Å². The third-order valence-electron chi connectivity index (χ3n) is 3.15. The molecule has 2 amide bonds. The number of carbonyl (C=O) groups excluding carboxylic acids is 2. The lowest BCUT2D eigenvalue weighted by Gasteiger charge is -2.28. The van der Waals surface area contributed by atoms with E-state index in [1.54, 1.807) is 26.0 Å². The van der Waals surface area contributed by atoms with Crippen molar-refractivity contribution in [2.75, 3.05) is 13.2 Å². The summed E-state index contributed by atoms with van der Waals surface area (Å²) in [5.74, 6) is -0.378. The zero-order valence-corrected chi connectivity index (χ0v) is 13.1. The SMILES string of the molecule is CCC(=O)N(Cc1ccc(Cl)cc1)[C@@H](C)C(=O)NCCO. The number of rotatable bonds is 7. The van der Waals surface area contributed by atoms with Gasteiger partial charge in [0.05, 0.1) is 6.61 Å². The number of amides is 2. The molecule has 0 spiro atoms. The molecular formula is C15H21ClN2O3. The molecule has 1 rings (SSSR count). The normalized spacial score (nSPS) is 11.8. The van der Waals surface area contributed by atoms with E-state index in [9.17, 15) is 9.59 Å². The number of benzene rings is 1. The van der Waals surface area contributed by atoms with Crippen molar-refractivity contribution in [3.8, 4) is 0 Å². The monoisotopic (exact) mass is 312 g/mol. The van der Waals surface area contributed by atoms with E-state index in [0.29, 0.717) is 18.0 Å². The molecule has 21 heavy (non-hydrogen) atoms. The van der Waals surface area contributed by atoms with Gasteiger partial charge in [-0.2, -0.15) is 0 Å². The molecule has 0 aliphatic heterocycles. The number of carbonyl (C=O) groups is 2. The van der Waals surface area contributed by atoms with Gasteiger partial charge in [0.15, 0.2) is 0 Å². The Labute approximate surface area is 129 Å². The summed E-state index contributed by atoms with van der Waals surface area (Å²) < 4.78 is 0. The van der Waals surface area contributed by atoms with E-state index in [4.69, 9.17) is 16.7 Å². The number of hydrogen-bond acceptors (Lipinski definition) is 3. The highest BCUT2D eigenvalue weighted by atomic mass is 35.5. The molecule has 1 aromatic carbocycles. The van der Waals surface area contributed by atoms with Crippen LogP contribution < -0.4 is 5.32 Å². The molecule has 116 valence electrons. The van der Waals surface area contributed by atoms with Crippen molar-refractivity contribution in [1.82, 2.24) is 10.2 Å². The molecule has 0 unspecified atom stereocenters. The van der Waals surface area contributed by atoms with Gasteiger partial charge in [0.1, 0.15) is 6.04 Å². The van der Waals surface area contributed by atoms with Crippen LogP contribution in [0.25, 0.3) is 0 Å². The van der Waals surface area contributed by atoms with Gasteiger partial charge in [-0.1, -0.05) is 30.7 Å². The standard InChI is InChI=1S/C15H21ClN2O3/c1-3-14(20)18(11(2)15(21)17-8-9-19)10-12-4-6-13(16)7-5-12/h4-7,11,19H,3,8-10H2,1-2H3,(H,17,21)/t11-/m0/s1. The van der Waals surface area contributed by atoms with E-state index in [1.165, 1.54) is 4.90 Å². The second kappa shape index (κ2) is 8.64. The van der Waals surface area contributed by atoms with Gasteiger partial charge >= 0.3 is 0 Å². The van der Waals surface area contributed by atoms with Crippen LogP contribution in [0.15, 0.2) is 24.3 Å². The predicted molar refractivity (Wildman–Crippen MR) is 81.9 cm³/mol. The zero-order valence-electron chi connectivity index (χ0n) is 12.3. The van der Waals surface area contributed by atoms with Crippen molar-refractivity contribution < 1.29 is 14.7 Å². The Hall–Kier alpha value is -1.59. The first-order chi connectivity index (χ1) is 9.99. The summed E-state index contributed by atoms with van der Waals surface area (Å²) in [4.78, 5) is 25.6. The number of aliphatic hydroxyl groups is 1. The summed E-state index contributed by atoms with van der Waals surface area (Å²) in [6, 6.07) is 6.57. The summed E-state index contributed by atoms with van der Waals surface area (Å²) in [5, 5.41) is 12.0. The average molecular weight is 313 g/mol. The molecule has 0 aliphatic carbocycles. The van der Waals surface area contributed by atoms with Crippen molar-refractivity contribution in [1.29, 1.82) is 0 Å². The van der Waals surface area contributed by atoms with Crippen LogP contribution in [0.5, 0.6) is 0 Å². The first-order valence-corrected chi connectivity index (χ1v) is 7.29. The molecule has 1 aromatic rings. The zero-order chi connectivity index (χ0) is 15.8.